The van der Waals surface area contributed by atoms with E-state index in [0.29, 0.717) is 42.2 Å². The van der Waals surface area contributed by atoms with Crippen LogP contribution in [0.3, 0.4) is 0 Å². The standard InChI is InChI=1S/C27H24F2N2O2S/c28-20-15-23(29)26-24(16-20)34-27(30-26)33-21-11-13-31(14-12-21)25(32)17-22(18-7-3-1-4-8-18)19-9-5-2-6-10-19/h1-10,15-16,21-22H,11-14,17H2. The molecule has 1 amide bonds. The van der Waals surface area contributed by atoms with Gasteiger partial charge in [0, 0.05) is 44.3 Å². The third-order valence-electron chi connectivity index (χ3n) is 6.24. The first kappa shape index (κ1) is 22.5. The zero-order chi connectivity index (χ0) is 23.5. The minimum Gasteiger partial charge on any atom is -0.467 e. The summed E-state index contributed by atoms with van der Waals surface area (Å²) < 4.78 is 33.8. The molecule has 3 aromatic carbocycles. The maximum Gasteiger partial charge on any atom is 0.274 e. The molecule has 0 saturated carbocycles. The van der Waals surface area contributed by atoms with Crippen LogP contribution in [0.5, 0.6) is 5.19 Å². The first-order chi connectivity index (χ1) is 16.6. The monoisotopic (exact) mass is 478 g/mol. The Morgan fingerprint density at radius 2 is 1.62 bits per heavy atom. The number of aromatic nitrogens is 1. The lowest BCUT2D eigenvalue weighted by Crippen LogP contribution is -2.42. The van der Waals surface area contributed by atoms with Crippen LogP contribution in [0.15, 0.2) is 72.8 Å². The van der Waals surface area contributed by atoms with Gasteiger partial charge in [-0.05, 0) is 17.2 Å². The van der Waals surface area contributed by atoms with E-state index < -0.39 is 11.6 Å². The second-order valence-electron chi connectivity index (χ2n) is 8.49. The molecule has 0 radical (unpaired) electrons. The van der Waals surface area contributed by atoms with Crippen molar-refractivity contribution in [3.63, 3.8) is 0 Å². The van der Waals surface area contributed by atoms with Crippen molar-refractivity contribution in [1.82, 2.24) is 9.88 Å². The van der Waals surface area contributed by atoms with Crippen molar-refractivity contribution < 1.29 is 18.3 Å². The van der Waals surface area contributed by atoms with Crippen molar-refractivity contribution in [1.29, 1.82) is 0 Å². The largest absolute Gasteiger partial charge is 0.467 e. The van der Waals surface area contributed by atoms with Gasteiger partial charge in [-0.2, -0.15) is 4.98 Å². The van der Waals surface area contributed by atoms with Crippen molar-refractivity contribution >= 4 is 27.5 Å². The van der Waals surface area contributed by atoms with E-state index in [1.165, 1.54) is 6.07 Å². The van der Waals surface area contributed by atoms with Crippen LogP contribution in [0.4, 0.5) is 8.78 Å². The number of rotatable bonds is 6. The number of hydrogen-bond donors (Lipinski definition) is 0. The number of piperidine rings is 1. The fraction of sp³-hybridized carbons (Fsp3) is 0.259. The van der Waals surface area contributed by atoms with Gasteiger partial charge < -0.3 is 9.64 Å². The van der Waals surface area contributed by atoms with E-state index >= 15 is 0 Å². The SMILES string of the molecule is O=C(CC(c1ccccc1)c1ccccc1)N1CCC(Oc2nc3c(F)cc(F)cc3s2)CC1. The Morgan fingerprint density at radius 3 is 2.24 bits per heavy atom. The molecule has 1 aromatic heterocycles. The van der Waals surface area contributed by atoms with E-state index in [-0.39, 0.29) is 23.4 Å². The first-order valence-corrected chi connectivity index (χ1v) is 12.2. The maximum absolute atomic E-state index is 13.9. The molecule has 2 heterocycles. The van der Waals surface area contributed by atoms with Crippen LogP contribution in [0, 0.1) is 11.6 Å². The molecule has 0 unspecified atom stereocenters. The summed E-state index contributed by atoms with van der Waals surface area (Å²) in [6, 6.07) is 22.3. The lowest BCUT2D eigenvalue weighted by molar-refractivity contribution is -0.133. The molecule has 5 rings (SSSR count). The molecule has 4 aromatic rings. The van der Waals surface area contributed by atoms with Crippen molar-refractivity contribution in [2.45, 2.75) is 31.3 Å². The smallest absolute Gasteiger partial charge is 0.274 e. The van der Waals surface area contributed by atoms with E-state index in [9.17, 15) is 13.6 Å². The van der Waals surface area contributed by atoms with E-state index in [0.717, 1.165) is 28.5 Å². The molecular formula is C27H24F2N2O2S. The molecule has 4 nitrogen and oxygen atoms in total. The van der Waals surface area contributed by atoms with Crippen molar-refractivity contribution in [3.05, 3.63) is 95.6 Å². The Bertz CT molecular complexity index is 1230. The Labute approximate surface area is 200 Å². The third-order valence-corrected chi connectivity index (χ3v) is 7.13. The summed E-state index contributed by atoms with van der Waals surface area (Å²) in [6.45, 7) is 1.18. The number of nitrogens with zero attached hydrogens (tertiary/aromatic N) is 2. The Morgan fingerprint density at radius 1 is 1.00 bits per heavy atom. The lowest BCUT2D eigenvalue weighted by Gasteiger charge is -2.32. The zero-order valence-electron chi connectivity index (χ0n) is 18.5. The number of benzene rings is 3. The van der Waals surface area contributed by atoms with Gasteiger partial charge in [-0.25, -0.2) is 8.78 Å². The average molecular weight is 479 g/mol. The summed E-state index contributed by atoms with van der Waals surface area (Å²) in [6.07, 6.45) is 1.62. The van der Waals surface area contributed by atoms with Crippen LogP contribution in [0.1, 0.15) is 36.3 Å². The van der Waals surface area contributed by atoms with Crippen LogP contribution in [0.2, 0.25) is 0 Å². The van der Waals surface area contributed by atoms with Gasteiger partial charge in [0.15, 0.2) is 5.82 Å². The molecular weight excluding hydrogens is 454 g/mol. The summed E-state index contributed by atoms with van der Waals surface area (Å²) in [7, 11) is 0. The highest BCUT2D eigenvalue weighted by atomic mass is 32.1. The van der Waals surface area contributed by atoms with Gasteiger partial charge in [0.2, 0.25) is 5.91 Å². The molecule has 0 spiro atoms. The molecule has 0 atom stereocenters. The first-order valence-electron chi connectivity index (χ1n) is 11.4. The minimum absolute atomic E-state index is 0.00177. The Balaban J connectivity index is 1.22. The number of likely N-dealkylation sites (tertiary alicyclic amines) is 1. The number of fused-ring (bicyclic) bond motifs is 1. The van der Waals surface area contributed by atoms with Crippen LogP contribution in [-0.2, 0) is 4.79 Å². The van der Waals surface area contributed by atoms with Gasteiger partial charge in [0.1, 0.15) is 17.4 Å². The van der Waals surface area contributed by atoms with E-state index in [2.05, 4.69) is 29.2 Å². The number of ether oxygens (including phenoxy) is 1. The second kappa shape index (κ2) is 9.89. The topological polar surface area (TPSA) is 42.4 Å². The number of carbonyl (C=O) groups is 1. The Kier molecular flexibility index (Phi) is 6.54. The Hall–Kier alpha value is -3.32. The quantitative estimate of drug-likeness (QED) is 0.333. The van der Waals surface area contributed by atoms with Crippen LogP contribution < -0.4 is 4.74 Å². The highest BCUT2D eigenvalue weighted by Gasteiger charge is 2.27. The summed E-state index contributed by atoms with van der Waals surface area (Å²) in [4.78, 5) is 19.3. The minimum atomic E-state index is -0.687. The second-order valence-corrected chi connectivity index (χ2v) is 9.48. The normalized spacial score (nSPS) is 14.6. The predicted molar refractivity (Wildman–Crippen MR) is 129 cm³/mol. The van der Waals surface area contributed by atoms with Gasteiger partial charge in [-0.3, -0.25) is 4.79 Å². The van der Waals surface area contributed by atoms with Crippen LogP contribution in [0.25, 0.3) is 10.2 Å². The zero-order valence-corrected chi connectivity index (χ0v) is 19.3. The van der Waals surface area contributed by atoms with Crippen LogP contribution >= 0.6 is 11.3 Å². The number of amides is 1. The molecule has 1 aliphatic heterocycles. The molecule has 7 heteroatoms. The number of halogens is 2. The average Bonchev–Trinajstić information content (AvgIpc) is 3.26. The summed E-state index contributed by atoms with van der Waals surface area (Å²) in [5, 5.41) is 0.331. The van der Waals surface area contributed by atoms with Gasteiger partial charge in [-0.15, -0.1) is 0 Å². The molecule has 1 saturated heterocycles. The molecule has 1 fully saturated rings. The summed E-state index contributed by atoms with van der Waals surface area (Å²) in [5.41, 5.74) is 2.38. The highest BCUT2D eigenvalue weighted by molar-refractivity contribution is 7.20. The van der Waals surface area contributed by atoms with Gasteiger partial charge in [0.25, 0.3) is 5.19 Å². The molecule has 1 aliphatic rings. The van der Waals surface area contributed by atoms with Gasteiger partial charge >= 0.3 is 0 Å². The number of thiazole rings is 1. The lowest BCUT2D eigenvalue weighted by atomic mass is 9.88. The number of carbonyl (C=O) groups excluding carboxylic acids is 1. The highest BCUT2D eigenvalue weighted by Crippen LogP contribution is 2.33. The molecule has 0 bridgehead atoms. The van der Waals surface area contributed by atoms with Crippen molar-refractivity contribution in [2.24, 2.45) is 0 Å². The van der Waals surface area contributed by atoms with Crippen molar-refractivity contribution in [3.8, 4) is 5.19 Å². The fourth-order valence-corrected chi connectivity index (χ4v) is 5.38. The summed E-state index contributed by atoms with van der Waals surface area (Å²) in [5.74, 6) is -1.19. The van der Waals surface area contributed by atoms with E-state index in [4.69, 9.17) is 4.74 Å². The van der Waals surface area contributed by atoms with E-state index in [1.54, 1.807) is 0 Å². The van der Waals surface area contributed by atoms with Gasteiger partial charge in [0.05, 0.1) is 4.70 Å². The molecule has 0 N–H and O–H groups in total. The summed E-state index contributed by atoms with van der Waals surface area (Å²) >= 11 is 1.14. The third kappa shape index (κ3) is 4.94. The number of hydrogen-bond acceptors (Lipinski definition) is 4. The van der Waals surface area contributed by atoms with Crippen LogP contribution in [-0.4, -0.2) is 35.0 Å². The molecule has 0 aliphatic carbocycles. The van der Waals surface area contributed by atoms with E-state index in [1.807, 2.05) is 41.3 Å². The maximum atomic E-state index is 13.9. The predicted octanol–water partition coefficient (Wildman–Crippen LogP) is 6.17. The van der Waals surface area contributed by atoms with Gasteiger partial charge in [-0.1, -0.05) is 72.0 Å². The molecule has 34 heavy (non-hydrogen) atoms. The fourth-order valence-electron chi connectivity index (χ4n) is 4.46. The van der Waals surface area contributed by atoms with Crippen molar-refractivity contribution in [2.75, 3.05) is 13.1 Å². The molecule has 174 valence electrons.